The van der Waals surface area contributed by atoms with Gasteiger partial charge in [0.25, 0.3) is 5.91 Å². The van der Waals surface area contributed by atoms with Crippen molar-refractivity contribution in [3.05, 3.63) is 101 Å². The van der Waals surface area contributed by atoms with Crippen LogP contribution in [0.1, 0.15) is 26.3 Å². The molecule has 0 heterocycles. The molecule has 7 heteroatoms. The number of rotatable bonds is 6. The molecule has 0 aromatic heterocycles. The van der Waals surface area contributed by atoms with Crippen molar-refractivity contribution < 1.29 is 27.9 Å². The Kier molecular flexibility index (Phi) is 6.09. The van der Waals surface area contributed by atoms with Crippen LogP contribution in [-0.2, 0) is 9.53 Å². The lowest BCUT2D eigenvalue weighted by Gasteiger charge is -2.08. The zero-order chi connectivity index (χ0) is 20.8. The molecule has 0 aliphatic carbocycles. The molecule has 0 bridgehead atoms. The van der Waals surface area contributed by atoms with E-state index in [2.05, 4.69) is 5.32 Å². The van der Waals surface area contributed by atoms with E-state index in [-0.39, 0.29) is 17.0 Å². The number of hydrogen-bond donors (Lipinski definition) is 1. The summed E-state index contributed by atoms with van der Waals surface area (Å²) in [6, 6.07) is 17.0. The summed E-state index contributed by atoms with van der Waals surface area (Å²) in [5, 5.41) is 2.12. The molecule has 0 unspecified atom stereocenters. The molecule has 0 spiro atoms. The Labute approximate surface area is 164 Å². The van der Waals surface area contributed by atoms with Crippen molar-refractivity contribution in [2.24, 2.45) is 0 Å². The Morgan fingerprint density at radius 2 is 1.41 bits per heavy atom. The topological polar surface area (TPSA) is 72.5 Å². The minimum absolute atomic E-state index is 0.138. The Morgan fingerprint density at radius 3 is 2.10 bits per heavy atom. The number of ketones is 1. The fourth-order valence-electron chi connectivity index (χ4n) is 2.51. The number of nitrogens with one attached hydrogen (secondary N) is 1. The molecule has 0 radical (unpaired) electrons. The fourth-order valence-corrected chi connectivity index (χ4v) is 2.51. The van der Waals surface area contributed by atoms with Gasteiger partial charge >= 0.3 is 5.97 Å². The zero-order valence-electron chi connectivity index (χ0n) is 15.0. The first-order valence-electron chi connectivity index (χ1n) is 8.56. The highest BCUT2D eigenvalue weighted by atomic mass is 19.1. The van der Waals surface area contributed by atoms with Crippen LogP contribution < -0.4 is 5.32 Å². The molecular formula is C22H15F2NO4. The van der Waals surface area contributed by atoms with E-state index >= 15 is 0 Å². The highest BCUT2D eigenvalue weighted by Gasteiger charge is 2.14. The minimum atomic E-state index is -0.821. The van der Waals surface area contributed by atoms with Crippen molar-refractivity contribution in [3.8, 4) is 0 Å². The summed E-state index contributed by atoms with van der Waals surface area (Å²) in [5.74, 6) is -3.34. The molecule has 3 rings (SSSR count). The van der Waals surface area contributed by atoms with Crippen LogP contribution in [-0.4, -0.2) is 24.3 Å². The van der Waals surface area contributed by atoms with Crippen molar-refractivity contribution in [3.63, 3.8) is 0 Å². The third-order valence-corrected chi connectivity index (χ3v) is 3.96. The van der Waals surface area contributed by atoms with E-state index in [9.17, 15) is 23.2 Å². The normalized spacial score (nSPS) is 10.3. The van der Waals surface area contributed by atoms with Crippen molar-refractivity contribution in [2.75, 3.05) is 11.9 Å². The van der Waals surface area contributed by atoms with Crippen molar-refractivity contribution in [1.29, 1.82) is 0 Å². The largest absolute Gasteiger partial charge is 0.452 e. The van der Waals surface area contributed by atoms with Gasteiger partial charge in [-0.15, -0.1) is 0 Å². The number of hydrogen-bond acceptors (Lipinski definition) is 4. The van der Waals surface area contributed by atoms with E-state index < -0.39 is 30.1 Å². The first-order valence-corrected chi connectivity index (χ1v) is 8.56. The van der Waals surface area contributed by atoms with Gasteiger partial charge in [0.2, 0.25) is 0 Å². The molecule has 0 atom stereocenters. The van der Waals surface area contributed by atoms with Crippen molar-refractivity contribution in [1.82, 2.24) is 0 Å². The molecule has 3 aromatic rings. The summed E-state index contributed by atoms with van der Waals surface area (Å²) in [4.78, 5) is 36.2. The van der Waals surface area contributed by atoms with Crippen molar-refractivity contribution >= 4 is 23.3 Å². The number of carbonyl (C=O) groups excluding carboxylic acids is 3. The van der Waals surface area contributed by atoms with Crippen LogP contribution >= 0.6 is 0 Å². The number of halogens is 2. The second kappa shape index (κ2) is 8.88. The first kappa shape index (κ1) is 19.9. The van der Waals surface area contributed by atoms with Crippen LogP contribution in [0.2, 0.25) is 0 Å². The third-order valence-electron chi connectivity index (χ3n) is 3.96. The second-order valence-electron chi connectivity index (χ2n) is 6.02. The van der Waals surface area contributed by atoms with E-state index in [4.69, 9.17) is 4.74 Å². The monoisotopic (exact) mass is 395 g/mol. The van der Waals surface area contributed by atoms with Gasteiger partial charge in [-0.1, -0.05) is 42.5 Å². The highest BCUT2D eigenvalue weighted by Crippen LogP contribution is 2.15. The SMILES string of the molecule is O=C(COC(=O)c1ccc(C(=O)c2ccccc2)cc1)Nc1cc(F)ccc1F. The Bertz CT molecular complexity index is 1050. The Morgan fingerprint density at radius 1 is 0.793 bits per heavy atom. The summed E-state index contributed by atoms with van der Waals surface area (Å²) in [7, 11) is 0. The summed E-state index contributed by atoms with van der Waals surface area (Å²) in [5.41, 5.74) is 0.699. The van der Waals surface area contributed by atoms with Gasteiger partial charge < -0.3 is 10.1 Å². The quantitative estimate of drug-likeness (QED) is 0.506. The predicted molar refractivity (Wildman–Crippen MR) is 102 cm³/mol. The number of benzene rings is 3. The molecule has 1 amide bonds. The predicted octanol–water partition coefficient (Wildman–Crippen LogP) is 3.99. The smallest absolute Gasteiger partial charge is 0.338 e. The van der Waals surface area contributed by atoms with E-state index in [0.717, 1.165) is 18.2 Å². The molecule has 29 heavy (non-hydrogen) atoms. The average molecular weight is 395 g/mol. The van der Waals surface area contributed by atoms with Crippen LogP contribution in [0.4, 0.5) is 14.5 Å². The molecule has 0 fully saturated rings. The summed E-state index contributed by atoms with van der Waals surface area (Å²) < 4.78 is 31.5. The van der Waals surface area contributed by atoms with Crippen LogP contribution in [0.3, 0.4) is 0 Å². The molecule has 0 aliphatic rings. The summed E-state index contributed by atoms with van der Waals surface area (Å²) in [6.07, 6.45) is 0. The van der Waals surface area contributed by atoms with Crippen LogP contribution in [0.5, 0.6) is 0 Å². The Balaban J connectivity index is 1.57. The van der Waals surface area contributed by atoms with Crippen LogP contribution in [0, 0.1) is 11.6 Å². The van der Waals surface area contributed by atoms with E-state index in [1.165, 1.54) is 24.3 Å². The molecule has 3 aromatic carbocycles. The van der Waals surface area contributed by atoms with E-state index in [0.29, 0.717) is 11.1 Å². The summed E-state index contributed by atoms with van der Waals surface area (Å²) >= 11 is 0. The van der Waals surface area contributed by atoms with Gasteiger partial charge in [0, 0.05) is 17.2 Å². The Hall–Kier alpha value is -3.87. The van der Waals surface area contributed by atoms with Gasteiger partial charge in [-0.05, 0) is 24.3 Å². The van der Waals surface area contributed by atoms with E-state index in [1.807, 2.05) is 0 Å². The zero-order valence-corrected chi connectivity index (χ0v) is 15.0. The van der Waals surface area contributed by atoms with Gasteiger partial charge in [0.05, 0.1) is 11.3 Å². The summed E-state index contributed by atoms with van der Waals surface area (Å²) in [6.45, 7) is -0.681. The lowest BCUT2D eigenvalue weighted by molar-refractivity contribution is -0.119. The third kappa shape index (κ3) is 5.10. The molecule has 0 aliphatic heterocycles. The lowest BCUT2D eigenvalue weighted by Crippen LogP contribution is -2.21. The molecule has 1 N–H and O–H groups in total. The second-order valence-corrected chi connectivity index (χ2v) is 6.02. The maximum Gasteiger partial charge on any atom is 0.338 e. The number of anilines is 1. The number of amides is 1. The van der Waals surface area contributed by atoms with E-state index in [1.54, 1.807) is 30.3 Å². The standard InChI is InChI=1S/C22H15F2NO4/c23-17-10-11-18(24)19(12-17)25-20(26)13-29-22(28)16-8-6-15(7-9-16)21(27)14-4-2-1-3-5-14/h1-12H,13H2,(H,25,26). The maximum absolute atomic E-state index is 13.5. The maximum atomic E-state index is 13.5. The van der Waals surface area contributed by atoms with Gasteiger partial charge in [-0.2, -0.15) is 0 Å². The molecule has 5 nitrogen and oxygen atoms in total. The van der Waals surface area contributed by atoms with Gasteiger partial charge in [0.1, 0.15) is 11.6 Å². The molecular weight excluding hydrogens is 380 g/mol. The fraction of sp³-hybridized carbons (Fsp3) is 0.0455. The average Bonchev–Trinajstić information content (AvgIpc) is 2.75. The molecule has 0 saturated carbocycles. The minimum Gasteiger partial charge on any atom is -0.452 e. The van der Waals surface area contributed by atoms with Gasteiger partial charge in [0.15, 0.2) is 12.4 Å². The van der Waals surface area contributed by atoms with Crippen LogP contribution in [0.25, 0.3) is 0 Å². The number of esters is 1. The molecule has 0 saturated heterocycles. The first-order chi connectivity index (χ1) is 13.9. The highest BCUT2D eigenvalue weighted by molar-refractivity contribution is 6.09. The van der Waals surface area contributed by atoms with Gasteiger partial charge in [-0.25, -0.2) is 13.6 Å². The van der Waals surface area contributed by atoms with Crippen molar-refractivity contribution in [2.45, 2.75) is 0 Å². The number of ether oxygens (including phenoxy) is 1. The van der Waals surface area contributed by atoms with Gasteiger partial charge in [-0.3, -0.25) is 9.59 Å². The molecule has 146 valence electrons. The van der Waals surface area contributed by atoms with Crippen LogP contribution in [0.15, 0.2) is 72.8 Å². The number of carbonyl (C=O) groups is 3. The lowest BCUT2D eigenvalue weighted by atomic mass is 10.0.